The molecule has 782 valence electrons. The van der Waals surface area contributed by atoms with Gasteiger partial charge < -0.3 is 78.3 Å². The number of carbonyl (C=O) groups is 12. The molecule has 4 aliphatic heterocycles. The number of ether oxygens (including phenoxy) is 4. The first-order valence-corrected chi connectivity index (χ1v) is 50.0. The molecule has 4 heterocycles. The number of rotatable bonds is 57. The molecule has 7 aliphatic rings. The third kappa shape index (κ3) is 37.7. The van der Waals surface area contributed by atoms with E-state index in [1.54, 1.807) is 27.7 Å². The Labute approximate surface area is 827 Å². The summed E-state index contributed by atoms with van der Waals surface area (Å²) in [7, 11) is 0. The summed E-state index contributed by atoms with van der Waals surface area (Å²) in [6.45, 7) is 6.92. The maximum atomic E-state index is 13.4. The van der Waals surface area contributed by atoms with E-state index in [0.717, 1.165) is 80.0 Å². The predicted molar refractivity (Wildman–Crippen MR) is 510 cm³/mol. The number of carboxylic acid groups (broad SMARTS) is 4. The van der Waals surface area contributed by atoms with Crippen LogP contribution in [0.1, 0.15) is 204 Å². The monoisotopic (exact) mass is 2010 g/mol. The molecule has 3 saturated carbocycles. The normalized spacial score (nSPS) is 21.2. The van der Waals surface area contributed by atoms with Crippen molar-refractivity contribution in [2.75, 3.05) is 70.9 Å². The zero-order valence-electron chi connectivity index (χ0n) is 80.7. The van der Waals surface area contributed by atoms with Gasteiger partial charge in [0.05, 0.1) is 63.8 Å². The summed E-state index contributed by atoms with van der Waals surface area (Å²) < 4.78 is 21.5. The molecule has 3 aliphatic carbocycles. The van der Waals surface area contributed by atoms with E-state index in [0.29, 0.717) is 134 Å². The van der Waals surface area contributed by atoms with Crippen molar-refractivity contribution in [1.29, 1.82) is 0 Å². The number of hydrogen-bond donors (Lipinski definition) is 8. The minimum absolute atomic E-state index is 0.00246. The van der Waals surface area contributed by atoms with E-state index < -0.39 is 141 Å². The lowest BCUT2D eigenvalue weighted by molar-refractivity contribution is -0.757. The van der Waals surface area contributed by atoms with Crippen molar-refractivity contribution < 1.29 is 137 Å². The van der Waals surface area contributed by atoms with Gasteiger partial charge in [0.2, 0.25) is 23.6 Å². The predicted octanol–water partition coefficient (Wildman–Crippen LogP) is 8.58. The number of aryl methyl sites for hydroxylation is 4. The molecule has 7 fully saturated rings. The van der Waals surface area contributed by atoms with Crippen molar-refractivity contribution in [1.82, 2.24) is 40.9 Å². The van der Waals surface area contributed by atoms with Gasteiger partial charge in [0.25, 0.3) is 20.3 Å². The Balaban J connectivity index is 0.000000232. The van der Waals surface area contributed by atoms with Gasteiger partial charge in [-0.1, -0.05) is 141 Å². The maximum Gasteiger partial charge on any atom is 0.326 e. The molecule has 0 bridgehead atoms. The maximum absolute atomic E-state index is 13.4. The molecule has 11 rings (SSSR count). The van der Waals surface area contributed by atoms with Gasteiger partial charge in [-0.2, -0.15) is 11.8 Å². The average molecular weight is 2010 g/mol. The quantitative estimate of drug-likeness (QED) is 0.00674. The molecular formula is C97H136N12O32S. The fraction of sp³-hybridized carbons (Fsp3) is 0.629. The molecule has 4 aromatic rings. The summed E-state index contributed by atoms with van der Waals surface area (Å²) >= 11 is 1.35. The second-order valence-corrected chi connectivity index (χ2v) is 37.5. The van der Waals surface area contributed by atoms with Crippen molar-refractivity contribution in [3.8, 4) is 0 Å². The fourth-order valence-electron chi connectivity index (χ4n) is 19.5. The topological polar surface area (TPSA) is 593 Å². The Hall–Kier alpha value is -12.5. The van der Waals surface area contributed by atoms with Crippen LogP contribution in [-0.4, -0.2) is 293 Å². The van der Waals surface area contributed by atoms with Crippen molar-refractivity contribution in [3.05, 3.63) is 184 Å². The zero-order chi connectivity index (χ0) is 103. The number of nitrogens with one attached hydrogen (secondary N) is 4. The SMILES string of the molecule is CC(NC(CCc1ccccc1)C(=O)OCCCCCO[N+](=O)[O-])C(=O)N1C(C(=O)O)CC2CCCC21.CC(NC(CCc1ccccc1)C(=O)OCCCCO[N+](=O)[O-])C(=O)N1C(C(=O)O)CC2CCCC21.CC(NC(CCc1ccccc1)C(=O)OCCCO[N+](=O)[O-])C(=O)N1C(C(=O)O)CC2CCCC21.CC(NC(CCc1ccccc1)C(=O)OCCSCCO[N+](=O)[O-])C(=O)N1CCCC1C(=O)O. The minimum Gasteiger partial charge on any atom is -0.480 e. The van der Waals surface area contributed by atoms with Crippen LogP contribution < -0.4 is 21.3 Å². The Morgan fingerprint density at radius 3 is 0.923 bits per heavy atom. The largest absolute Gasteiger partial charge is 0.480 e. The number of nitrogens with zero attached hydrogens (tertiary/aromatic N) is 8. The van der Waals surface area contributed by atoms with E-state index in [4.69, 9.17) is 18.9 Å². The number of thioether (sulfide) groups is 1. The number of carboxylic acids is 4. The van der Waals surface area contributed by atoms with Gasteiger partial charge in [-0.05, 0) is 222 Å². The lowest BCUT2D eigenvalue weighted by Gasteiger charge is -2.32. The van der Waals surface area contributed by atoms with Crippen molar-refractivity contribution in [2.45, 2.75) is 298 Å². The molecule has 18 unspecified atom stereocenters. The van der Waals surface area contributed by atoms with E-state index >= 15 is 0 Å². The summed E-state index contributed by atoms with van der Waals surface area (Å²) in [5.74, 6) is -5.93. The highest BCUT2D eigenvalue weighted by Gasteiger charge is 2.53. The molecule has 45 heteroatoms. The van der Waals surface area contributed by atoms with E-state index in [-0.39, 0.29) is 119 Å². The van der Waals surface area contributed by atoms with Gasteiger partial charge in [0.1, 0.15) is 61.5 Å². The Kier molecular flexibility index (Phi) is 49.1. The second-order valence-electron chi connectivity index (χ2n) is 36.3. The van der Waals surface area contributed by atoms with Crippen LogP contribution in [-0.2, 0) is 122 Å². The highest BCUT2D eigenvalue weighted by molar-refractivity contribution is 7.99. The molecule has 0 spiro atoms. The van der Waals surface area contributed by atoms with Gasteiger partial charge >= 0.3 is 47.8 Å². The molecular weight excluding hydrogens is 1880 g/mol. The number of unbranched alkanes of at least 4 members (excludes halogenated alkanes) is 3. The number of amides is 4. The fourth-order valence-corrected chi connectivity index (χ4v) is 20.1. The second kappa shape index (κ2) is 60.7. The molecule has 0 aromatic heterocycles. The van der Waals surface area contributed by atoms with Crippen molar-refractivity contribution >= 4 is 83.1 Å². The van der Waals surface area contributed by atoms with E-state index in [9.17, 15) is 118 Å². The number of likely N-dealkylation sites (tertiary alicyclic amines) is 4. The number of fused-ring (bicyclic) bond motifs is 3. The number of carbonyl (C=O) groups excluding carboxylic acids is 8. The van der Waals surface area contributed by atoms with E-state index in [1.807, 2.05) is 121 Å². The van der Waals surface area contributed by atoms with Crippen molar-refractivity contribution in [3.63, 3.8) is 0 Å². The lowest BCUT2D eigenvalue weighted by Crippen LogP contribution is -2.55. The third-order valence-corrected chi connectivity index (χ3v) is 27.4. The van der Waals surface area contributed by atoms with Crippen LogP contribution in [0.4, 0.5) is 0 Å². The van der Waals surface area contributed by atoms with Crippen LogP contribution in [0.5, 0.6) is 0 Å². The summed E-state index contributed by atoms with van der Waals surface area (Å²) in [5.41, 5.74) is 4.14. The zero-order valence-corrected chi connectivity index (χ0v) is 81.5. The summed E-state index contributed by atoms with van der Waals surface area (Å²) in [4.78, 5) is 215. The molecule has 8 N–H and O–H groups in total. The third-order valence-electron chi connectivity index (χ3n) is 26.5. The Bertz CT molecular complexity index is 4720. The van der Waals surface area contributed by atoms with E-state index in [2.05, 4.69) is 40.6 Å². The van der Waals surface area contributed by atoms with Crippen LogP contribution in [0.25, 0.3) is 0 Å². The highest BCUT2D eigenvalue weighted by Crippen LogP contribution is 2.45. The average Bonchev–Trinajstić information content (AvgIpc) is 1.63. The Morgan fingerprint density at radius 2 is 0.606 bits per heavy atom. The number of aliphatic carboxylic acids is 4. The standard InChI is InChI=1S/C26H37N3O8.C25H35N3O8.C24H33N3O8.C22H31N3O8S/c1-18(24(30)28-22-12-8-11-20(22)17-23(28)25(31)32)27-21(14-13-19-9-4-2-5-10-19)26(33)36-15-6-3-7-16-37-29(34)35;1-17(23(29)27-21-11-7-10-19(21)16-22(27)24(30)31)26-20(13-12-18-8-3-2-4-9-18)25(32)35-14-5-6-15-36-28(33)34;1-16(22(28)26-20-10-5-9-18(20)15-21(26)23(29)30)25-19(12-11-17-7-3-2-4-8-17)24(31)34-13-6-14-35-27(32)33;1-16(20(26)24-11-5-8-19(24)21(27)28)23-18(10-9-17-6-3-2-4-7-17)22(29)32-12-14-34-15-13-33-25(30)31/h2,4-5,9-10,18,20-23,27H,3,6-8,11-17H2,1H3,(H,31,32);2-4,8-9,17,19-22,26H,5-7,10-16H2,1H3,(H,30,31);2-4,7-8,16,18-21,25H,5-6,9-15H2,1H3,(H,29,30);2-4,6-7,16,18-19,23H,5,8-15H2,1H3,(H,27,28). The number of hydrogen-bond acceptors (Lipinski definition) is 33. The van der Waals surface area contributed by atoms with Gasteiger partial charge in [-0.3, -0.25) is 59.6 Å². The van der Waals surface area contributed by atoms with Crippen molar-refractivity contribution in [2.24, 2.45) is 17.8 Å². The first kappa shape index (κ1) is 115. The van der Waals surface area contributed by atoms with E-state index in [1.165, 1.54) is 31.4 Å². The minimum atomic E-state index is -1.03. The van der Waals surface area contributed by atoms with Gasteiger partial charge in [0, 0.05) is 42.6 Å². The molecule has 18 atom stereocenters. The molecule has 4 amide bonds. The van der Waals surface area contributed by atoms with Gasteiger partial charge in [0.15, 0.2) is 0 Å². The van der Waals surface area contributed by atoms with Gasteiger partial charge in [-0.25, -0.2) is 19.2 Å². The van der Waals surface area contributed by atoms with Gasteiger partial charge in [-0.15, -0.1) is 40.5 Å². The molecule has 4 aromatic carbocycles. The van der Waals surface area contributed by atoms with Crippen LogP contribution in [0, 0.1) is 58.2 Å². The van der Waals surface area contributed by atoms with Crippen LogP contribution >= 0.6 is 11.8 Å². The van der Waals surface area contributed by atoms with Crippen LogP contribution in [0.2, 0.25) is 0 Å². The summed E-state index contributed by atoms with van der Waals surface area (Å²) in [5, 5.41) is 88.1. The number of esters is 4. The lowest BCUT2D eigenvalue weighted by atomic mass is 10.0. The summed E-state index contributed by atoms with van der Waals surface area (Å²) in [6.07, 6.45) is 17.0. The summed E-state index contributed by atoms with van der Waals surface area (Å²) in [6, 6.07) is 28.7. The molecule has 4 saturated heterocycles. The Morgan fingerprint density at radius 1 is 0.338 bits per heavy atom. The van der Waals surface area contributed by atoms with Crippen LogP contribution in [0.3, 0.4) is 0 Å². The number of benzene rings is 4. The smallest absolute Gasteiger partial charge is 0.326 e. The highest BCUT2D eigenvalue weighted by atomic mass is 32.2. The van der Waals surface area contributed by atoms with Crippen LogP contribution in [0.15, 0.2) is 121 Å². The molecule has 142 heavy (non-hydrogen) atoms. The first-order valence-electron chi connectivity index (χ1n) is 48.8. The molecule has 0 radical (unpaired) electrons. The first-order chi connectivity index (χ1) is 68.1. The molecule has 44 nitrogen and oxygen atoms in total.